The van der Waals surface area contributed by atoms with Gasteiger partial charge in [0.2, 0.25) is 17.7 Å². The number of amides is 5. The number of fused-ring (bicyclic) bond motifs is 2. The Kier molecular flexibility index (Phi) is 17.3. The van der Waals surface area contributed by atoms with Gasteiger partial charge in [-0.3, -0.25) is 38.4 Å². The number of hydrogen-bond donors (Lipinski definition) is 4. The number of anilines is 1. The highest BCUT2D eigenvalue weighted by atomic mass is 16.6. The van der Waals surface area contributed by atoms with E-state index in [-0.39, 0.29) is 60.4 Å². The number of aryl methyl sites for hydroxylation is 2. The van der Waals surface area contributed by atoms with Gasteiger partial charge < -0.3 is 35.2 Å². The summed E-state index contributed by atoms with van der Waals surface area (Å²) in [4.78, 5) is 91.6. The molecule has 5 amide bonds. The van der Waals surface area contributed by atoms with Gasteiger partial charge in [0, 0.05) is 68.8 Å². The van der Waals surface area contributed by atoms with Crippen LogP contribution in [0, 0.1) is 24.7 Å². The van der Waals surface area contributed by atoms with E-state index in [1.807, 2.05) is 88.0 Å². The van der Waals surface area contributed by atoms with Crippen LogP contribution >= 0.6 is 0 Å². The van der Waals surface area contributed by atoms with Crippen LogP contribution in [-0.4, -0.2) is 123 Å². The van der Waals surface area contributed by atoms with Crippen LogP contribution in [0.1, 0.15) is 136 Å². The quantitative estimate of drug-likeness (QED) is 0.0414. The average molecular weight is 1040 g/mol. The number of benzene rings is 4. The van der Waals surface area contributed by atoms with Crippen molar-refractivity contribution in [1.29, 1.82) is 0 Å². The second kappa shape index (κ2) is 24.0. The molecule has 2 atom stereocenters. The molecule has 76 heavy (non-hydrogen) atoms. The summed E-state index contributed by atoms with van der Waals surface area (Å²) >= 11 is 0. The average Bonchev–Trinajstić information content (AvgIpc) is 3.63. The van der Waals surface area contributed by atoms with Gasteiger partial charge in [-0.15, -0.1) is 0 Å². The van der Waals surface area contributed by atoms with Crippen LogP contribution in [0.15, 0.2) is 77.6 Å². The molecule has 0 spiro atoms. The van der Waals surface area contributed by atoms with E-state index in [0.29, 0.717) is 56.0 Å². The Bertz CT molecular complexity index is 3100. The number of hydrogen-bond acceptors (Lipinski definition) is 10. The van der Waals surface area contributed by atoms with Crippen molar-refractivity contribution >= 4 is 63.7 Å². The van der Waals surface area contributed by atoms with Gasteiger partial charge in [-0.2, -0.15) is 0 Å². The first-order chi connectivity index (χ1) is 36.4. The molecule has 9 rings (SSSR count). The fourth-order valence-electron chi connectivity index (χ4n) is 11.0. The first kappa shape index (κ1) is 54.8. The summed E-state index contributed by atoms with van der Waals surface area (Å²) in [6.45, 7) is 14.7. The molecule has 4 aliphatic rings. The predicted molar refractivity (Wildman–Crippen MR) is 292 cm³/mol. The van der Waals surface area contributed by atoms with Crippen LogP contribution in [0.4, 0.5) is 10.5 Å². The Morgan fingerprint density at radius 2 is 1.58 bits per heavy atom. The molecule has 4 fully saturated rings. The van der Waals surface area contributed by atoms with Crippen molar-refractivity contribution < 1.29 is 38.6 Å². The molecule has 4 N–H and O–H groups in total. The molecule has 17 nitrogen and oxygen atoms in total. The van der Waals surface area contributed by atoms with Crippen molar-refractivity contribution in [3.8, 4) is 11.8 Å². The van der Waals surface area contributed by atoms with Crippen LogP contribution in [-0.2, 0) is 31.0 Å². The van der Waals surface area contributed by atoms with Gasteiger partial charge >= 0.3 is 11.8 Å². The molecule has 402 valence electrons. The summed E-state index contributed by atoms with van der Waals surface area (Å²) in [5.41, 5.74) is 6.10. The second-order valence-electron chi connectivity index (χ2n) is 21.7. The molecule has 0 bridgehead atoms. The molecular formula is C59H72N8O9. The predicted octanol–water partition coefficient (Wildman–Crippen LogP) is 7.64. The molecule has 0 saturated carbocycles. The molecule has 17 heteroatoms. The van der Waals surface area contributed by atoms with Gasteiger partial charge in [0.05, 0.1) is 23.1 Å². The third-order valence-electron chi connectivity index (χ3n) is 15.2. The van der Waals surface area contributed by atoms with Crippen LogP contribution in [0.25, 0.3) is 21.8 Å². The molecule has 5 heterocycles. The van der Waals surface area contributed by atoms with Crippen molar-refractivity contribution in [2.45, 2.75) is 122 Å². The van der Waals surface area contributed by atoms with Crippen molar-refractivity contribution in [2.75, 3.05) is 51.1 Å². The number of piperidine rings is 3. The number of carbonyl (C=O) groups excluding carboxylic acids is 5. The van der Waals surface area contributed by atoms with Gasteiger partial charge in [0.15, 0.2) is 0 Å². The zero-order valence-corrected chi connectivity index (χ0v) is 44.7. The van der Waals surface area contributed by atoms with E-state index < -0.39 is 17.6 Å². The maximum atomic E-state index is 13.8. The number of nitrogens with zero attached hydrogens (tertiary/aromatic N) is 5. The van der Waals surface area contributed by atoms with E-state index in [9.17, 15) is 28.8 Å². The SMILES string of the molecule is Cc1ccc(NC2CN(C(=O)OC(C)(C)C)C2)cc1C(=O)NC(C)c1ccc(C#CC2CCN(CCCCC(=O)N3CCC(c4ccc5c(c4)n(C)c(=O)n5C4CCC(=O)NC4=O)CC3)CC2)c2ccccc12.O=CO. The topological polar surface area (TPSA) is 205 Å². The van der Waals surface area contributed by atoms with E-state index in [1.54, 1.807) is 16.5 Å². The molecule has 4 aromatic carbocycles. The van der Waals surface area contributed by atoms with Crippen LogP contribution in [0.3, 0.4) is 0 Å². The number of likely N-dealkylation sites (tertiary alicyclic amines) is 3. The summed E-state index contributed by atoms with van der Waals surface area (Å²) in [6.07, 6.45) is 6.32. The number of nitrogens with one attached hydrogen (secondary N) is 3. The second-order valence-corrected chi connectivity index (χ2v) is 21.7. The number of unbranched alkanes of at least 4 members (excludes halogenated alkanes) is 1. The number of aromatic nitrogens is 2. The number of carboxylic acid groups (broad SMARTS) is 1. The maximum Gasteiger partial charge on any atom is 0.410 e. The molecule has 4 saturated heterocycles. The molecule has 0 aliphatic carbocycles. The van der Waals surface area contributed by atoms with E-state index in [1.165, 1.54) is 4.57 Å². The summed E-state index contributed by atoms with van der Waals surface area (Å²) in [7, 11) is 1.72. The molecule has 1 aromatic heterocycles. The van der Waals surface area contributed by atoms with E-state index in [4.69, 9.17) is 14.6 Å². The molecule has 4 aliphatic heterocycles. The molecular weight excluding hydrogens is 965 g/mol. The van der Waals surface area contributed by atoms with E-state index in [2.05, 4.69) is 57.0 Å². The van der Waals surface area contributed by atoms with Crippen molar-refractivity contribution in [1.82, 2.24) is 34.5 Å². The van der Waals surface area contributed by atoms with Crippen LogP contribution in [0.2, 0.25) is 0 Å². The van der Waals surface area contributed by atoms with Gasteiger partial charge in [0.25, 0.3) is 12.4 Å². The molecule has 0 radical (unpaired) electrons. The summed E-state index contributed by atoms with van der Waals surface area (Å²) in [5.74, 6) is 7.03. The Morgan fingerprint density at radius 1 is 0.868 bits per heavy atom. The first-order valence-corrected chi connectivity index (χ1v) is 26.7. The smallest absolute Gasteiger partial charge is 0.410 e. The third kappa shape index (κ3) is 13.0. The van der Waals surface area contributed by atoms with Crippen molar-refractivity contribution in [3.63, 3.8) is 0 Å². The molecule has 2 unspecified atom stereocenters. The zero-order chi connectivity index (χ0) is 54.3. The number of imide groups is 1. The lowest BCUT2D eigenvalue weighted by molar-refractivity contribution is -0.136. The Labute approximate surface area is 444 Å². The highest BCUT2D eigenvalue weighted by molar-refractivity contribution is 6.00. The minimum absolute atomic E-state index is 0.0748. The van der Waals surface area contributed by atoms with Gasteiger partial charge in [0.1, 0.15) is 11.6 Å². The minimum atomic E-state index is -0.709. The Morgan fingerprint density at radius 3 is 2.28 bits per heavy atom. The normalized spacial score (nSPS) is 18.2. The van der Waals surface area contributed by atoms with Crippen molar-refractivity contribution in [2.24, 2.45) is 13.0 Å². The van der Waals surface area contributed by atoms with Gasteiger partial charge in [-0.1, -0.05) is 54.3 Å². The highest BCUT2D eigenvalue weighted by Gasteiger charge is 2.35. The number of rotatable bonds is 12. The van der Waals surface area contributed by atoms with Gasteiger partial charge in [-0.25, -0.2) is 9.59 Å². The molecule has 5 aromatic rings. The number of ether oxygens (including phenoxy) is 1. The number of imidazole rings is 1. The van der Waals surface area contributed by atoms with Crippen LogP contribution in [0.5, 0.6) is 0 Å². The fraction of sp³-hybridized carbons (Fsp3) is 0.475. The monoisotopic (exact) mass is 1040 g/mol. The largest absolute Gasteiger partial charge is 0.483 e. The lowest BCUT2D eigenvalue weighted by atomic mass is 9.89. The number of carbonyl (C=O) groups is 6. The fourth-order valence-corrected chi connectivity index (χ4v) is 11.0. The standard InChI is InChI=1S/C58H70N8O7.CH2O2/c1-37-14-19-43(60-44-35-65(36-44)57(72)73-58(3,4)5)34-48(37)54(69)59-38(2)45-20-17-41(46-11-7-8-12-47(45)46)16-15-39-24-29-63(30-25-39)28-10-9-13-53(68)64-31-26-40(27-32-64)42-18-21-49-51(33-42)62(6)56(71)66(49)50-22-23-52(67)61-55(50)70;2-1-3/h7-8,11-12,14,17-21,33-34,38-40,44,50,60H,9-10,13,22-32,35-36H2,1-6H3,(H,59,69)(H,61,67,70);1H,(H,2,3). The lowest BCUT2D eigenvalue weighted by Gasteiger charge is -2.40. The third-order valence-corrected chi connectivity index (χ3v) is 15.2. The summed E-state index contributed by atoms with van der Waals surface area (Å²) < 4.78 is 8.58. The van der Waals surface area contributed by atoms with E-state index >= 15 is 0 Å². The summed E-state index contributed by atoms with van der Waals surface area (Å²) in [5, 5.41) is 18.1. The maximum absolute atomic E-state index is 13.8. The summed E-state index contributed by atoms with van der Waals surface area (Å²) in [6, 6.07) is 23.4. The van der Waals surface area contributed by atoms with Crippen LogP contribution < -0.4 is 21.6 Å². The lowest BCUT2D eigenvalue weighted by Crippen LogP contribution is -2.57. The zero-order valence-electron chi connectivity index (χ0n) is 44.7. The highest BCUT2D eigenvalue weighted by Crippen LogP contribution is 2.33. The van der Waals surface area contributed by atoms with Gasteiger partial charge in [-0.05, 0) is 163 Å². The van der Waals surface area contributed by atoms with E-state index in [0.717, 1.165) is 102 Å². The Balaban J connectivity index is 0.00000249. The van der Waals surface area contributed by atoms with Crippen molar-refractivity contribution in [3.05, 3.63) is 111 Å². The minimum Gasteiger partial charge on any atom is -0.483 e. The first-order valence-electron chi connectivity index (χ1n) is 26.7. The Hall–Kier alpha value is -7.45.